The predicted molar refractivity (Wildman–Crippen MR) is 128 cm³/mol. The summed E-state index contributed by atoms with van der Waals surface area (Å²) in [5.74, 6) is 1.47. The third-order valence-electron chi connectivity index (χ3n) is 4.40. The van der Waals surface area contributed by atoms with E-state index in [0.717, 1.165) is 38.5 Å². The number of amidine groups is 2. The van der Waals surface area contributed by atoms with Crippen LogP contribution in [0.15, 0.2) is 36.7 Å². The molecule has 12 heteroatoms. The van der Waals surface area contributed by atoms with Crippen LogP contribution < -0.4 is 10.9 Å². The summed E-state index contributed by atoms with van der Waals surface area (Å²) in [7, 11) is 2.14. The fourth-order valence-electron chi connectivity index (χ4n) is 2.78. The van der Waals surface area contributed by atoms with Crippen molar-refractivity contribution in [3.8, 4) is 0 Å². The van der Waals surface area contributed by atoms with Gasteiger partial charge in [-0.05, 0) is 50.3 Å². The van der Waals surface area contributed by atoms with Crippen molar-refractivity contribution in [3.63, 3.8) is 0 Å². The van der Waals surface area contributed by atoms with Crippen molar-refractivity contribution in [1.82, 2.24) is 20.7 Å². The average molecular weight is 514 g/mol. The van der Waals surface area contributed by atoms with Gasteiger partial charge in [-0.1, -0.05) is 0 Å². The van der Waals surface area contributed by atoms with Crippen molar-refractivity contribution in [2.45, 2.75) is 27.3 Å². The molecule has 0 atom stereocenters. The van der Waals surface area contributed by atoms with E-state index in [4.69, 9.17) is 29.7 Å². The number of nitrogens with one attached hydrogen (secondary N) is 2. The molecule has 1 aromatic heterocycles. The molecule has 31 heavy (non-hydrogen) atoms. The van der Waals surface area contributed by atoms with Gasteiger partial charge in [0.2, 0.25) is 0 Å². The zero-order valence-corrected chi connectivity index (χ0v) is 20.9. The Balaban J connectivity index is 0.00000480. The molecule has 0 bridgehead atoms. The Hall–Kier alpha value is -1.56. The number of nitrogens with zero attached hydrogens (tertiary/aromatic N) is 6. The number of likely N-dealkylation sites (N-methyl/N-ethyl adjacent to an activating group) is 1. The molecule has 0 aromatic carbocycles. The van der Waals surface area contributed by atoms with Crippen LogP contribution in [0.1, 0.15) is 32.3 Å². The molecule has 1 aliphatic rings. The van der Waals surface area contributed by atoms with Gasteiger partial charge in [0, 0.05) is 39.3 Å². The van der Waals surface area contributed by atoms with E-state index < -0.39 is 0 Å². The van der Waals surface area contributed by atoms with E-state index in [1.54, 1.807) is 0 Å². The van der Waals surface area contributed by atoms with E-state index in [1.165, 1.54) is 0 Å². The number of aliphatic imine (C=N–C) groups is 2. The number of rotatable bonds is 8. The van der Waals surface area contributed by atoms with Crippen LogP contribution in [0.2, 0.25) is 0 Å². The van der Waals surface area contributed by atoms with E-state index in [0.29, 0.717) is 40.6 Å². The van der Waals surface area contributed by atoms with Crippen LogP contribution in [0.5, 0.6) is 0 Å². The van der Waals surface area contributed by atoms with Gasteiger partial charge in [0.05, 0.1) is 12.3 Å². The fraction of sp³-hybridized carbons (Fsp3) is 0.579. The molecule has 0 unspecified atom stereocenters. The number of piperazine rings is 1. The summed E-state index contributed by atoms with van der Waals surface area (Å²) < 4.78 is 6.08. The summed E-state index contributed by atoms with van der Waals surface area (Å²) in [4.78, 5) is 12.9. The first kappa shape index (κ1) is 27.5. The van der Waals surface area contributed by atoms with E-state index in [1.807, 2.05) is 32.9 Å². The Labute approximate surface area is 206 Å². The summed E-state index contributed by atoms with van der Waals surface area (Å²) in [5, 5.41) is 9.29. The minimum atomic E-state index is 0. The van der Waals surface area contributed by atoms with Crippen molar-refractivity contribution in [3.05, 3.63) is 23.7 Å². The molecule has 2 heterocycles. The van der Waals surface area contributed by atoms with E-state index in [2.05, 4.69) is 47.9 Å². The van der Waals surface area contributed by atoms with Gasteiger partial charge in [-0.15, -0.1) is 0 Å². The van der Waals surface area contributed by atoms with E-state index >= 15 is 0 Å². The molecule has 1 radical (unpaired) electrons. The second kappa shape index (κ2) is 14.5. The number of hydrazone groups is 2. The normalized spacial score (nSPS) is 17.4. The average Bonchev–Trinajstić information content (AvgIpc) is 3.17. The van der Waals surface area contributed by atoms with Gasteiger partial charge in [0.15, 0.2) is 5.76 Å². The molecule has 0 saturated carbocycles. The zero-order chi connectivity index (χ0) is 21.9. The maximum atomic E-state index is 6.08. The van der Waals surface area contributed by atoms with Crippen LogP contribution in [0.3, 0.4) is 0 Å². The Bertz CT molecular complexity index is 801. The van der Waals surface area contributed by atoms with Crippen molar-refractivity contribution in [2.24, 2.45) is 20.2 Å². The second-order valence-corrected chi connectivity index (χ2v) is 7.56. The molecule has 2 rings (SSSR count). The van der Waals surface area contributed by atoms with Crippen LogP contribution in [-0.2, 0) is 48.9 Å². The van der Waals surface area contributed by atoms with Crippen LogP contribution in [-0.4, -0.2) is 77.9 Å². The minimum Gasteiger partial charge on any atom is -0.741 e. The summed E-state index contributed by atoms with van der Waals surface area (Å²) in [6, 6.07) is 3.86. The molecule has 0 amide bonds. The van der Waals surface area contributed by atoms with Gasteiger partial charge in [-0.3, -0.25) is 25.7 Å². The topological polar surface area (TPSA) is 93.1 Å². The molecule has 0 spiro atoms. The standard InChI is InChI=1S/C19H32N8OS2.Cu/c1-5-20-18(29)24-22-14(3)17(23-25-19(30)21-6-2)16-8-7-15(28-16)13-27-11-9-26(4)10-12-27;/h7-8H,5-6,9-13H2,1-4H3,(H2,20,24,29)(H2,21,25,30);/q;+2/p-2/b22-14+,23-17-;. The van der Waals surface area contributed by atoms with Crippen molar-refractivity contribution in [2.75, 3.05) is 46.3 Å². The van der Waals surface area contributed by atoms with Gasteiger partial charge in [-0.25, -0.2) is 0 Å². The number of hydrogen-bond donors (Lipinski definition) is 2. The number of furan rings is 1. The molecule has 1 fully saturated rings. The van der Waals surface area contributed by atoms with Gasteiger partial charge in [0.1, 0.15) is 11.5 Å². The quantitative estimate of drug-likeness (QED) is 0.177. The first-order chi connectivity index (χ1) is 14.4. The third kappa shape index (κ3) is 9.63. The SMILES string of the molecule is CCN=C([S-])N/N=C(/C(C)=N/NC([S-])=NCC)c1ccc(CN2CCN(C)CC2)o1.[Cu+2]. The molecule has 9 nitrogen and oxygen atoms in total. The molecule has 1 saturated heterocycles. The zero-order valence-electron chi connectivity index (χ0n) is 18.3. The van der Waals surface area contributed by atoms with Crippen LogP contribution in [0.4, 0.5) is 0 Å². The first-order valence-electron chi connectivity index (χ1n) is 10.00. The molecule has 2 N–H and O–H groups in total. The summed E-state index contributed by atoms with van der Waals surface area (Å²) in [6.45, 7) is 11.7. The monoisotopic (exact) mass is 513 g/mol. The van der Waals surface area contributed by atoms with E-state index in [9.17, 15) is 0 Å². The van der Waals surface area contributed by atoms with Crippen LogP contribution in [0.25, 0.3) is 0 Å². The summed E-state index contributed by atoms with van der Waals surface area (Å²) in [5.41, 5.74) is 6.63. The maximum absolute atomic E-state index is 6.08. The smallest absolute Gasteiger partial charge is 0.741 e. The largest absolute Gasteiger partial charge is 2.00 e. The Morgan fingerprint density at radius 2 is 1.58 bits per heavy atom. The van der Waals surface area contributed by atoms with Gasteiger partial charge < -0.3 is 34.6 Å². The molecule has 0 aliphatic carbocycles. The summed E-state index contributed by atoms with van der Waals surface area (Å²) in [6.07, 6.45) is 0. The van der Waals surface area contributed by atoms with Gasteiger partial charge >= 0.3 is 17.1 Å². The van der Waals surface area contributed by atoms with Crippen molar-refractivity contribution >= 4 is 47.0 Å². The van der Waals surface area contributed by atoms with Crippen LogP contribution >= 0.6 is 0 Å². The molecule has 175 valence electrons. The fourth-order valence-corrected chi connectivity index (χ4v) is 3.13. The minimum absolute atomic E-state index is 0. The predicted octanol–water partition coefficient (Wildman–Crippen LogP) is 1.13. The van der Waals surface area contributed by atoms with Gasteiger partial charge in [0.25, 0.3) is 0 Å². The molecular formula is C19H30CuN8OS2. The maximum Gasteiger partial charge on any atom is 2.00 e. The van der Waals surface area contributed by atoms with Crippen molar-refractivity contribution in [1.29, 1.82) is 0 Å². The third-order valence-corrected chi connectivity index (χ3v) is 4.84. The van der Waals surface area contributed by atoms with Gasteiger partial charge in [-0.2, -0.15) is 10.2 Å². The molecular weight excluding hydrogens is 484 g/mol. The molecule has 1 aliphatic heterocycles. The first-order valence-corrected chi connectivity index (χ1v) is 10.8. The Kier molecular flexibility index (Phi) is 12.8. The second-order valence-electron chi connectivity index (χ2n) is 6.79. The summed E-state index contributed by atoms with van der Waals surface area (Å²) >= 11 is 10.3. The van der Waals surface area contributed by atoms with E-state index in [-0.39, 0.29) is 17.1 Å². The van der Waals surface area contributed by atoms with Crippen LogP contribution in [0, 0.1) is 0 Å². The Morgan fingerprint density at radius 1 is 1.00 bits per heavy atom. The number of hydrogen-bond acceptors (Lipinski definition) is 9. The Morgan fingerprint density at radius 3 is 2.16 bits per heavy atom. The van der Waals surface area contributed by atoms with Crippen molar-refractivity contribution < 1.29 is 21.5 Å². The molecule has 1 aromatic rings.